The van der Waals surface area contributed by atoms with Crippen LogP contribution in [-0.4, -0.2) is 50.3 Å². The molecule has 0 bridgehead atoms. The summed E-state index contributed by atoms with van der Waals surface area (Å²) in [5, 5.41) is 12.4. The van der Waals surface area contributed by atoms with Gasteiger partial charge in [-0.15, -0.1) is 13.2 Å². The maximum Gasteiger partial charge on any atom is 0.573 e. The predicted octanol–water partition coefficient (Wildman–Crippen LogP) is 6.01. The number of nitrogens with one attached hydrogen (secondary N) is 1. The lowest BCUT2D eigenvalue weighted by atomic mass is 9.85. The van der Waals surface area contributed by atoms with Gasteiger partial charge in [-0.2, -0.15) is 4.98 Å². The van der Waals surface area contributed by atoms with Gasteiger partial charge in [0, 0.05) is 23.7 Å². The van der Waals surface area contributed by atoms with Crippen molar-refractivity contribution in [1.29, 1.82) is 0 Å². The third-order valence-corrected chi connectivity index (χ3v) is 6.22. The summed E-state index contributed by atoms with van der Waals surface area (Å²) in [6.45, 7) is 8.07. The number of hydrogen-bond donors (Lipinski definition) is 2. The van der Waals surface area contributed by atoms with Gasteiger partial charge in [-0.25, -0.2) is 4.98 Å². The summed E-state index contributed by atoms with van der Waals surface area (Å²) in [6.07, 6.45) is -3.35. The van der Waals surface area contributed by atoms with E-state index in [1.54, 1.807) is 6.07 Å². The van der Waals surface area contributed by atoms with Gasteiger partial charge in [0.15, 0.2) is 5.65 Å². The lowest BCUT2D eigenvalue weighted by molar-refractivity contribution is -0.274. The van der Waals surface area contributed by atoms with Crippen molar-refractivity contribution < 1.29 is 37.3 Å². The second-order valence-electron chi connectivity index (χ2n) is 10.6. The number of aryl methyl sites for hydroxylation is 1. The highest BCUT2D eigenvalue weighted by atomic mass is 19.4. The number of alkyl halides is 3. The number of carbonyl (C=O) groups is 1. The fourth-order valence-electron chi connectivity index (χ4n) is 5.17. The molecule has 2 aromatic heterocycles. The number of ether oxygens (including phenoxy) is 3. The van der Waals surface area contributed by atoms with Crippen molar-refractivity contribution in [3.8, 4) is 11.6 Å². The summed E-state index contributed by atoms with van der Waals surface area (Å²) in [5.74, 6) is -0.526. The molecule has 206 valence electrons. The van der Waals surface area contributed by atoms with Crippen LogP contribution in [0.3, 0.4) is 0 Å². The molecule has 0 aliphatic carbocycles. The van der Waals surface area contributed by atoms with Crippen LogP contribution in [0.5, 0.6) is 11.6 Å². The Bertz CT molecular complexity index is 1300. The van der Waals surface area contributed by atoms with Crippen LogP contribution in [0.25, 0.3) is 11.2 Å². The molecule has 4 rings (SSSR count). The summed E-state index contributed by atoms with van der Waals surface area (Å²) >= 11 is 0. The molecule has 3 aromatic rings. The molecule has 9 nitrogen and oxygen atoms in total. The SMILES string of the molecule is COc1nc2c(cc1CCC(=O)O)nc(Nc1ccc(OC(F)(F)F)cc1)n2C1CC(C)(C)OC(C)(C)C1. The highest BCUT2D eigenvalue weighted by Crippen LogP contribution is 2.44. The van der Waals surface area contributed by atoms with Crippen molar-refractivity contribution in [3.63, 3.8) is 0 Å². The van der Waals surface area contributed by atoms with Crippen molar-refractivity contribution in [2.45, 2.75) is 77.0 Å². The van der Waals surface area contributed by atoms with Crippen molar-refractivity contribution in [2.75, 3.05) is 12.4 Å². The molecule has 0 saturated carbocycles. The van der Waals surface area contributed by atoms with Crippen molar-refractivity contribution in [2.24, 2.45) is 0 Å². The van der Waals surface area contributed by atoms with Crippen LogP contribution >= 0.6 is 0 Å². The van der Waals surface area contributed by atoms with Crippen LogP contribution in [0.4, 0.5) is 24.8 Å². The molecule has 12 heteroatoms. The largest absolute Gasteiger partial charge is 0.573 e. The molecule has 1 aliphatic heterocycles. The van der Waals surface area contributed by atoms with E-state index >= 15 is 0 Å². The number of aliphatic carboxylic acids is 1. The Morgan fingerprint density at radius 1 is 1.16 bits per heavy atom. The van der Waals surface area contributed by atoms with Gasteiger partial charge in [0.1, 0.15) is 11.3 Å². The third kappa shape index (κ3) is 6.47. The summed E-state index contributed by atoms with van der Waals surface area (Å²) in [7, 11) is 1.48. The number of imidazole rings is 1. The molecule has 0 atom stereocenters. The van der Waals surface area contributed by atoms with Crippen LogP contribution in [0, 0.1) is 0 Å². The molecule has 1 saturated heterocycles. The smallest absolute Gasteiger partial charge is 0.481 e. The van der Waals surface area contributed by atoms with Gasteiger partial charge in [-0.05, 0) is 77.3 Å². The highest BCUT2D eigenvalue weighted by Gasteiger charge is 2.41. The van der Waals surface area contributed by atoms with E-state index < -0.39 is 23.5 Å². The van der Waals surface area contributed by atoms with Crippen LogP contribution in [-0.2, 0) is 16.0 Å². The number of carboxylic acid groups (broad SMARTS) is 1. The summed E-state index contributed by atoms with van der Waals surface area (Å²) in [4.78, 5) is 20.6. The molecule has 3 heterocycles. The van der Waals surface area contributed by atoms with Gasteiger partial charge < -0.3 is 24.6 Å². The Balaban J connectivity index is 1.79. The Morgan fingerprint density at radius 3 is 2.34 bits per heavy atom. The molecular formula is C26H31F3N4O5. The fourth-order valence-corrected chi connectivity index (χ4v) is 5.17. The molecule has 1 aliphatic rings. The zero-order valence-corrected chi connectivity index (χ0v) is 21.8. The lowest BCUT2D eigenvalue weighted by Gasteiger charge is -2.45. The number of halogens is 3. The predicted molar refractivity (Wildman–Crippen MR) is 134 cm³/mol. The number of fused-ring (bicyclic) bond motifs is 1. The second-order valence-corrected chi connectivity index (χ2v) is 10.6. The summed E-state index contributed by atoms with van der Waals surface area (Å²) < 4.78 is 55.4. The van der Waals surface area contributed by atoms with E-state index in [4.69, 9.17) is 24.5 Å². The van der Waals surface area contributed by atoms with Gasteiger partial charge in [0.2, 0.25) is 11.8 Å². The minimum Gasteiger partial charge on any atom is -0.481 e. The van der Waals surface area contributed by atoms with Crippen molar-refractivity contribution in [1.82, 2.24) is 14.5 Å². The number of carboxylic acids is 1. The first-order chi connectivity index (χ1) is 17.6. The molecule has 0 unspecified atom stereocenters. The minimum atomic E-state index is -4.78. The standard InChI is InChI=1S/C26H31F3N4O5/c1-24(2)13-17(14-25(3,4)38-24)33-21-19(12-15(6-11-20(34)35)22(32-21)36-5)31-23(33)30-16-7-9-18(10-8-16)37-26(27,28)29/h7-10,12,17H,6,11,13-14H2,1-5H3,(H,30,31)(H,34,35). The number of aromatic nitrogens is 3. The first kappa shape index (κ1) is 27.5. The number of pyridine rings is 1. The fraction of sp³-hybridized carbons (Fsp3) is 0.500. The van der Waals surface area contributed by atoms with Crippen LogP contribution in [0.2, 0.25) is 0 Å². The Labute approximate surface area is 217 Å². The van der Waals surface area contributed by atoms with Gasteiger partial charge in [-0.3, -0.25) is 9.36 Å². The van der Waals surface area contributed by atoms with Crippen LogP contribution < -0.4 is 14.8 Å². The van der Waals surface area contributed by atoms with E-state index in [1.807, 2.05) is 32.3 Å². The Kier molecular flexibility index (Phi) is 7.21. The number of hydrogen-bond acceptors (Lipinski definition) is 7. The molecule has 0 radical (unpaired) electrons. The van der Waals surface area contributed by atoms with Gasteiger partial charge in [-0.1, -0.05) is 0 Å². The first-order valence-corrected chi connectivity index (χ1v) is 12.2. The molecular weight excluding hydrogens is 505 g/mol. The number of anilines is 2. The maximum atomic E-state index is 12.6. The molecule has 1 fully saturated rings. The summed E-state index contributed by atoms with van der Waals surface area (Å²) in [5.41, 5.74) is 1.30. The number of benzene rings is 1. The first-order valence-electron chi connectivity index (χ1n) is 12.2. The normalized spacial score (nSPS) is 17.4. The maximum absolute atomic E-state index is 12.6. The number of rotatable bonds is 8. The topological polar surface area (TPSA) is 108 Å². The van der Waals surface area contributed by atoms with Gasteiger partial charge in [0.25, 0.3) is 0 Å². The van der Waals surface area contributed by atoms with E-state index in [-0.39, 0.29) is 24.6 Å². The summed E-state index contributed by atoms with van der Waals surface area (Å²) in [6, 6.07) is 7.05. The molecule has 1 aromatic carbocycles. The molecule has 0 amide bonds. The molecule has 38 heavy (non-hydrogen) atoms. The Morgan fingerprint density at radius 2 is 1.79 bits per heavy atom. The lowest BCUT2D eigenvalue weighted by Crippen LogP contribution is -2.45. The third-order valence-electron chi connectivity index (χ3n) is 6.22. The van der Waals surface area contributed by atoms with Crippen LogP contribution in [0.15, 0.2) is 30.3 Å². The Hall–Kier alpha value is -3.54. The van der Waals surface area contributed by atoms with E-state index in [2.05, 4.69) is 10.1 Å². The second kappa shape index (κ2) is 9.97. The van der Waals surface area contributed by atoms with E-state index in [0.29, 0.717) is 47.1 Å². The average molecular weight is 537 g/mol. The molecule has 2 N–H and O–H groups in total. The number of nitrogens with zero attached hydrogens (tertiary/aromatic N) is 3. The quantitative estimate of drug-likeness (QED) is 0.361. The van der Waals surface area contributed by atoms with Crippen LogP contribution in [0.1, 0.15) is 58.6 Å². The zero-order valence-electron chi connectivity index (χ0n) is 21.8. The van der Waals surface area contributed by atoms with Gasteiger partial charge >= 0.3 is 12.3 Å². The van der Waals surface area contributed by atoms with E-state index in [0.717, 1.165) is 0 Å². The van der Waals surface area contributed by atoms with E-state index in [1.165, 1.54) is 31.4 Å². The number of methoxy groups -OCH3 is 1. The molecule has 0 spiro atoms. The highest BCUT2D eigenvalue weighted by molar-refractivity contribution is 5.78. The average Bonchev–Trinajstić information content (AvgIpc) is 3.11. The monoisotopic (exact) mass is 536 g/mol. The van der Waals surface area contributed by atoms with Crippen molar-refractivity contribution in [3.05, 3.63) is 35.9 Å². The van der Waals surface area contributed by atoms with Crippen molar-refractivity contribution >= 4 is 28.8 Å². The zero-order chi connectivity index (χ0) is 27.9. The minimum absolute atomic E-state index is 0.0869. The van der Waals surface area contributed by atoms with E-state index in [9.17, 15) is 18.0 Å². The van der Waals surface area contributed by atoms with Gasteiger partial charge in [0.05, 0.1) is 18.3 Å².